The van der Waals surface area contributed by atoms with E-state index in [-0.39, 0.29) is 23.0 Å². The number of amides is 2. The monoisotopic (exact) mass is 327 g/mol. The fourth-order valence-corrected chi connectivity index (χ4v) is 4.50. The van der Waals surface area contributed by atoms with Crippen molar-refractivity contribution in [2.24, 2.45) is 5.92 Å². The van der Waals surface area contributed by atoms with Gasteiger partial charge >= 0.3 is 0 Å². The molecule has 0 unspecified atom stereocenters. The number of aliphatic carboxylic acids is 1. The summed E-state index contributed by atoms with van der Waals surface area (Å²) in [7, 11) is 0. The molecule has 0 aliphatic carbocycles. The van der Waals surface area contributed by atoms with Crippen LogP contribution in [0.15, 0.2) is 0 Å². The van der Waals surface area contributed by atoms with Gasteiger partial charge in [-0.2, -0.15) is 11.8 Å². The Balaban J connectivity index is 2.00. The minimum Gasteiger partial charge on any atom is -0.548 e. The van der Waals surface area contributed by atoms with Gasteiger partial charge in [0.25, 0.3) is 0 Å². The second-order valence-corrected chi connectivity index (χ2v) is 7.37. The second kappa shape index (κ2) is 7.35. The van der Waals surface area contributed by atoms with E-state index >= 15 is 0 Å². The molecule has 2 heterocycles. The molecule has 0 radical (unpaired) electrons. The van der Waals surface area contributed by atoms with E-state index < -0.39 is 12.0 Å². The lowest BCUT2D eigenvalue weighted by Crippen LogP contribution is -2.53. The molecule has 0 aromatic carbocycles. The van der Waals surface area contributed by atoms with Gasteiger partial charge in [-0.1, -0.05) is 6.92 Å². The number of carboxylic acids is 1. The van der Waals surface area contributed by atoms with Crippen molar-refractivity contribution in [3.05, 3.63) is 0 Å². The van der Waals surface area contributed by atoms with Crippen LogP contribution in [0.3, 0.4) is 0 Å². The number of carbonyl (C=O) groups excluding carboxylic acids is 3. The SMILES string of the molecule is CCS[C@H]1CCN(C(=O)C2CCN(C(C)=O)CC2)[C@@H]1C(=O)[O-]. The number of piperidine rings is 1. The Morgan fingerprint density at radius 2 is 1.77 bits per heavy atom. The van der Waals surface area contributed by atoms with Crippen LogP contribution in [-0.4, -0.2) is 64.3 Å². The van der Waals surface area contributed by atoms with E-state index in [9.17, 15) is 19.5 Å². The molecule has 2 fully saturated rings. The summed E-state index contributed by atoms with van der Waals surface area (Å²) in [4.78, 5) is 38.7. The number of carboxylic acid groups (broad SMARTS) is 1. The molecule has 2 atom stereocenters. The van der Waals surface area contributed by atoms with Gasteiger partial charge in [-0.25, -0.2) is 0 Å². The molecule has 0 spiro atoms. The Morgan fingerprint density at radius 1 is 1.14 bits per heavy atom. The highest BCUT2D eigenvalue weighted by Crippen LogP contribution is 2.31. The molecule has 2 rings (SSSR count). The molecule has 0 aromatic rings. The average molecular weight is 327 g/mol. The van der Waals surface area contributed by atoms with Gasteiger partial charge in [-0.05, 0) is 25.0 Å². The van der Waals surface area contributed by atoms with Gasteiger partial charge in [-0.3, -0.25) is 9.59 Å². The Morgan fingerprint density at radius 3 is 2.27 bits per heavy atom. The fraction of sp³-hybridized carbons (Fsp3) is 0.800. The second-order valence-electron chi connectivity index (χ2n) is 5.86. The largest absolute Gasteiger partial charge is 0.548 e. The van der Waals surface area contributed by atoms with Gasteiger partial charge < -0.3 is 19.7 Å². The van der Waals surface area contributed by atoms with Crippen molar-refractivity contribution in [2.45, 2.75) is 44.4 Å². The van der Waals surface area contributed by atoms with Gasteiger partial charge in [0.2, 0.25) is 11.8 Å². The molecule has 2 aliphatic rings. The maximum atomic E-state index is 12.7. The lowest BCUT2D eigenvalue weighted by atomic mass is 9.95. The highest BCUT2D eigenvalue weighted by atomic mass is 32.2. The number of hydrogen-bond acceptors (Lipinski definition) is 5. The Labute approximate surface area is 135 Å². The summed E-state index contributed by atoms with van der Waals surface area (Å²) in [5.74, 6) is -0.565. The van der Waals surface area contributed by atoms with Crippen molar-refractivity contribution in [3.8, 4) is 0 Å². The van der Waals surface area contributed by atoms with Crippen molar-refractivity contribution in [2.75, 3.05) is 25.4 Å². The average Bonchev–Trinajstić information content (AvgIpc) is 2.91. The van der Waals surface area contributed by atoms with E-state index in [1.54, 1.807) is 16.7 Å². The van der Waals surface area contributed by atoms with Crippen LogP contribution in [0, 0.1) is 5.92 Å². The van der Waals surface area contributed by atoms with Crippen LogP contribution in [0.25, 0.3) is 0 Å². The highest BCUT2D eigenvalue weighted by molar-refractivity contribution is 7.99. The van der Waals surface area contributed by atoms with E-state index in [1.807, 2.05) is 6.92 Å². The predicted octanol–water partition coefficient (Wildman–Crippen LogP) is -0.283. The lowest BCUT2D eigenvalue weighted by Gasteiger charge is -2.35. The predicted molar refractivity (Wildman–Crippen MR) is 82.0 cm³/mol. The van der Waals surface area contributed by atoms with Crippen molar-refractivity contribution in [1.82, 2.24) is 9.80 Å². The molecule has 0 saturated carbocycles. The first-order valence-electron chi connectivity index (χ1n) is 7.84. The van der Waals surface area contributed by atoms with E-state index in [1.165, 1.54) is 11.8 Å². The Bertz CT molecular complexity index is 449. The molecule has 0 bridgehead atoms. The molecular formula is C15H23N2O4S-. The quantitative estimate of drug-likeness (QED) is 0.709. The third-order valence-electron chi connectivity index (χ3n) is 4.54. The van der Waals surface area contributed by atoms with Crippen molar-refractivity contribution in [3.63, 3.8) is 0 Å². The number of rotatable bonds is 4. The normalized spacial score (nSPS) is 26.3. The third-order valence-corrected chi connectivity index (χ3v) is 5.79. The van der Waals surface area contributed by atoms with E-state index in [0.717, 1.165) is 5.75 Å². The highest BCUT2D eigenvalue weighted by Gasteiger charge is 2.40. The summed E-state index contributed by atoms with van der Waals surface area (Å²) < 4.78 is 0. The Hall–Kier alpha value is -1.24. The molecule has 2 amide bonds. The van der Waals surface area contributed by atoms with E-state index in [4.69, 9.17) is 0 Å². The van der Waals surface area contributed by atoms with Crippen molar-refractivity contribution < 1.29 is 19.5 Å². The number of likely N-dealkylation sites (tertiary alicyclic amines) is 2. The fourth-order valence-electron chi connectivity index (χ4n) is 3.35. The molecule has 0 N–H and O–H groups in total. The van der Waals surface area contributed by atoms with Crippen LogP contribution < -0.4 is 5.11 Å². The van der Waals surface area contributed by atoms with Crippen LogP contribution in [0.5, 0.6) is 0 Å². The molecule has 6 nitrogen and oxygen atoms in total. The molecule has 7 heteroatoms. The summed E-state index contributed by atoms with van der Waals surface area (Å²) in [5.41, 5.74) is 0. The summed E-state index contributed by atoms with van der Waals surface area (Å²) in [6.07, 6.45) is 1.93. The van der Waals surface area contributed by atoms with Gasteiger partial charge in [0, 0.05) is 37.7 Å². The molecule has 22 heavy (non-hydrogen) atoms. The van der Waals surface area contributed by atoms with E-state index in [2.05, 4.69) is 0 Å². The molecule has 2 aliphatic heterocycles. The smallest absolute Gasteiger partial charge is 0.226 e. The summed E-state index contributed by atoms with van der Waals surface area (Å²) in [6.45, 7) is 5.15. The first kappa shape index (κ1) is 17.1. The molecule has 0 aromatic heterocycles. The first-order valence-corrected chi connectivity index (χ1v) is 8.89. The van der Waals surface area contributed by atoms with Crippen LogP contribution in [-0.2, 0) is 14.4 Å². The molecule has 2 saturated heterocycles. The van der Waals surface area contributed by atoms with Crippen molar-refractivity contribution >= 4 is 29.5 Å². The number of nitrogens with zero attached hydrogens (tertiary/aromatic N) is 2. The van der Waals surface area contributed by atoms with E-state index in [0.29, 0.717) is 38.9 Å². The van der Waals surface area contributed by atoms with Gasteiger partial charge in [0.15, 0.2) is 0 Å². The zero-order chi connectivity index (χ0) is 16.3. The first-order chi connectivity index (χ1) is 10.5. The minimum atomic E-state index is -1.15. The van der Waals surface area contributed by atoms with Crippen molar-refractivity contribution in [1.29, 1.82) is 0 Å². The maximum absolute atomic E-state index is 12.7. The third kappa shape index (κ3) is 3.56. The minimum absolute atomic E-state index is 0.0269. The summed E-state index contributed by atoms with van der Waals surface area (Å²) in [6, 6.07) is -0.816. The van der Waals surface area contributed by atoms with Crippen LogP contribution in [0.4, 0.5) is 0 Å². The number of hydrogen-bond donors (Lipinski definition) is 0. The summed E-state index contributed by atoms with van der Waals surface area (Å²) in [5, 5.41) is 11.4. The van der Waals surface area contributed by atoms with Gasteiger partial charge in [-0.15, -0.1) is 0 Å². The van der Waals surface area contributed by atoms with Crippen LogP contribution in [0.2, 0.25) is 0 Å². The van der Waals surface area contributed by atoms with Crippen LogP contribution in [0.1, 0.15) is 33.1 Å². The lowest BCUT2D eigenvalue weighted by molar-refractivity contribution is -0.310. The maximum Gasteiger partial charge on any atom is 0.226 e. The Kier molecular flexibility index (Phi) is 5.72. The van der Waals surface area contributed by atoms with Crippen LogP contribution >= 0.6 is 11.8 Å². The summed E-state index contributed by atoms with van der Waals surface area (Å²) >= 11 is 1.58. The standard InChI is InChI=1S/C15H24N2O4S/c1-3-22-12-6-9-17(13(12)15(20)21)14(19)11-4-7-16(8-5-11)10(2)18/h11-13H,3-9H2,1-2H3,(H,20,21)/p-1/t12-,13-/m0/s1. The zero-order valence-electron chi connectivity index (χ0n) is 13.1. The van der Waals surface area contributed by atoms with Gasteiger partial charge in [0.1, 0.15) is 0 Å². The number of carbonyl (C=O) groups is 3. The number of thioether (sulfide) groups is 1. The molecule has 124 valence electrons. The zero-order valence-corrected chi connectivity index (χ0v) is 13.9. The molecular weight excluding hydrogens is 304 g/mol. The topological polar surface area (TPSA) is 80.8 Å². The van der Waals surface area contributed by atoms with Gasteiger partial charge in [0.05, 0.1) is 12.0 Å².